The van der Waals surface area contributed by atoms with Gasteiger partial charge in [0.05, 0.1) is 29.8 Å². The highest BCUT2D eigenvalue weighted by molar-refractivity contribution is 5.38. The number of fused-ring (bicyclic) bond motifs is 2. The zero-order valence-electron chi connectivity index (χ0n) is 15.6. The first-order valence-electron chi connectivity index (χ1n) is 9.87. The van der Waals surface area contributed by atoms with Crippen LogP contribution in [0, 0.1) is 0 Å². The molecule has 2 aliphatic heterocycles. The molecule has 1 spiro atoms. The molecule has 2 aliphatic rings. The van der Waals surface area contributed by atoms with Gasteiger partial charge in [-0.05, 0) is 30.5 Å². The smallest absolute Gasteiger partial charge is 0.0989 e. The van der Waals surface area contributed by atoms with Crippen LogP contribution in [0.4, 0.5) is 0 Å². The Kier molecular flexibility index (Phi) is 4.30. The predicted molar refractivity (Wildman–Crippen MR) is 106 cm³/mol. The van der Waals surface area contributed by atoms with Crippen LogP contribution in [0.25, 0.3) is 5.69 Å². The highest BCUT2D eigenvalue weighted by Gasteiger charge is 2.42. The molecule has 1 aromatic heterocycles. The van der Waals surface area contributed by atoms with E-state index in [0.29, 0.717) is 0 Å². The summed E-state index contributed by atoms with van der Waals surface area (Å²) in [5.41, 5.74) is 4.99. The van der Waals surface area contributed by atoms with Crippen molar-refractivity contribution in [1.29, 1.82) is 0 Å². The molecule has 0 atom stereocenters. The normalized spacial score (nSPS) is 19.1. The number of rotatable bonds is 3. The molecule has 0 saturated carbocycles. The van der Waals surface area contributed by atoms with Crippen LogP contribution in [-0.4, -0.2) is 34.4 Å². The standard InChI is InChI=1S/C23H25N3O/c1-3-7-19(8-4-1)18-25-14-12-23(13-15-25)21-17-24-26(22(21)11-16-27-23)20-9-5-2-6-10-20/h1-10,17H,11-16,18H2. The van der Waals surface area contributed by atoms with Crippen LogP contribution in [0.1, 0.15) is 29.7 Å². The molecule has 0 bridgehead atoms. The molecular weight excluding hydrogens is 334 g/mol. The quantitative estimate of drug-likeness (QED) is 0.710. The number of hydrogen-bond donors (Lipinski definition) is 0. The van der Waals surface area contributed by atoms with Crippen molar-refractivity contribution in [3.8, 4) is 5.69 Å². The highest BCUT2D eigenvalue weighted by atomic mass is 16.5. The average Bonchev–Trinajstić information content (AvgIpc) is 3.17. The molecular formula is C23H25N3O. The number of ether oxygens (including phenoxy) is 1. The average molecular weight is 359 g/mol. The van der Waals surface area contributed by atoms with Gasteiger partial charge in [-0.25, -0.2) is 4.68 Å². The van der Waals surface area contributed by atoms with Gasteiger partial charge < -0.3 is 4.74 Å². The molecule has 4 nitrogen and oxygen atoms in total. The van der Waals surface area contributed by atoms with Gasteiger partial charge in [0.1, 0.15) is 0 Å². The van der Waals surface area contributed by atoms with E-state index in [2.05, 4.69) is 64.2 Å². The number of piperidine rings is 1. The first-order chi connectivity index (χ1) is 13.3. The Hall–Kier alpha value is -2.43. The van der Waals surface area contributed by atoms with E-state index in [9.17, 15) is 0 Å². The fourth-order valence-corrected chi connectivity index (χ4v) is 4.54. The number of nitrogens with zero attached hydrogens (tertiary/aromatic N) is 3. The predicted octanol–water partition coefficient (Wildman–Crippen LogP) is 3.94. The lowest BCUT2D eigenvalue weighted by molar-refractivity contribution is -0.0993. The van der Waals surface area contributed by atoms with Crippen LogP contribution in [0.3, 0.4) is 0 Å². The molecule has 3 aromatic rings. The molecule has 0 amide bonds. The summed E-state index contributed by atoms with van der Waals surface area (Å²) in [6, 6.07) is 21.2. The van der Waals surface area contributed by atoms with Crippen molar-refractivity contribution >= 4 is 0 Å². The van der Waals surface area contributed by atoms with Crippen molar-refractivity contribution in [2.75, 3.05) is 19.7 Å². The lowest BCUT2D eigenvalue weighted by atomic mass is 9.82. The molecule has 0 N–H and O–H groups in total. The fourth-order valence-electron chi connectivity index (χ4n) is 4.54. The summed E-state index contributed by atoms with van der Waals surface area (Å²) < 4.78 is 8.51. The maximum Gasteiger partial charge on any atom is 0.0989 e. The molecule has 0 radical (unpaired) electrons. The Morgan fingerprint density at radius 3 is 2.37 bits per heavy atom. The minimum absolute atomic E-state index is 0.159. The topological polar surface area (TPSA) is 30.3 Å². The maximum atomic E-state index is 6.40. The Morgan fingerprint density at radius 1 is 0.926 bits per heavy atom. The minimum atomic E-state index is -0.159. The third-order valence-electron chi connectivity index (χ3n) is 5.99. The first kappa shape index (κ1) is 16.7. The number of aromatic nitrogens is 2. The van der Waals surface area contributed by atoms with Crippen LogP contribution in [0.5, 0.6) is 0 Å². The Balaban J connectivity index is 1.36. The second-order valence-electron chi connectivity index (χ2n) is 7.61. The van der Waals surface area contributed by atoms with Crippen LogP contribution < -0.4 is 0 Å². The molecule has 0 unspecified atom stereocenters. The largest absolute Gasteiger partial charge is 0.370 e. The van der Waals surface area contributed by atoms with Gasteiger partial charge in [-0.2, -0.15) is 5.10 Å². The van der Waals surface area contributed by atoms with Gasteiger partial charge in [-0.1, -0.05) is 48.5 Å². The van der Waals surface area contributed by atoms with Crippen LogP contribution in [0.2, 0.25) is 0 Å². The monoisotopic (exact) mass is 359 g/mol. The van der Waals surface area contributed by atoms with E-state index >= 15 is 0 Å². The third-order valence-corrected chi connectivity index (χ3v) is 5.99. The molecule has 1 fully saturated rings. The Morgan fingerprint density at radius 2 is 1.63 bits per heavy atom. The van der Waals surface area contributed by atoms with E-state index in [1.807, 2.05) is 12.3 Å². The van der Waals surface area contributed by atoms with Gasteiger partial charge in [0.25, 0.3) is 0 Å². The van der Waals surface area contributed by atoms with Gasteiger partial charge in [0.15, 0.2) is 0 Å². The first-order valence-corrected chi connectivity index (χ1v) is 9.87. The van der Waals surface area contributed by atoms with Crippen molar-refractivity contribution in [1.82, 2.24) is 14.7 Å². The number of para-hydroxylation sites is 1. The van der Waals surface area contributed by atoms with Crippen molar-refractivity contribution < 1.29 is 4.74 Å². The van der Waals surface area contributed by atoms with Gasteiger partial charge in [0.2, 0.25) is 0 Å². The molecule has 4 heteroatoms. The SMILES string of the molecule is c1ccc(CN2CCC3(CC2)OCCc2c3cnn2-c2ccccc2)cc1. The van der Waals surface area contributed by atoms with Crippen LogP contribution in [0.15, 0.2) is 66.9 Å². The van der Waals surface area contributed by atoms with E-state index in [4.69, 9.17) is 9.84 Å². The molecule has 2 aromatic carbocycles. The molecule has 0 aliphatic carbocycles. The highest BCUT2D eigenvalue weighted by Crippen LogP contribution is 2.42. The molecule has 27 heavy (non-hydrogen) atoms. The van der Waals surface area contributed by atoms with Gasteiger partial charge in [0, 0.05) is 31.6 Å². The van der Waals surface area contributed by atoms with E-state index in [0.717, 1.165) is 51.2 Å². The van der Waals surface area contributed by atoms with Crippen molar-refractivity contribution in [2.45, 2.75) is 31.4 Å². The van der Waals surface area contributed by atoms with Crippen LogP contribution in [-0.2, 0) is 23.3 Å². The summed E-state index contributed by atoms with van der Waals surface area (Å²) in [6.07, 6.45) is 5.05. The molecule has 1 saturated heterocycles. The summed E-state index contributed by atoms with van der Waals surface area (Å²) in [5.74, 6) is 0. The van der Waals surface area contributed by atoms with E-state index < -0.39 is 0 Å². The van der Waals surface area contributed by atoms with E-state index in [1.165, 1.54) is 16.8 Å². The number of hydrogen-bond acceptors (Lipinski definition) is 3. The van der Waals surface area contributed by atoms with E-state index in [1.54, 1.807) is 0 Å². The van der Waals surface area contributed by atoms with Crippen molar-refractivity contribution in [2.24, 2.45) is 0 Å². The lowest BCUT2D eigenvalue weighted by Gasteiger charge is -2.44. The molecule has 3 heterocycles. The fraction of sp³-hybridized carbons (Fsp3) is 0.348. The number of benzene rings is 2. The van der Waals surface area contributed by atoms with Gasteiger partial charge in [-0.3, -0.25) is 4.90 Å². The summed E-state index contributed by atoms with van der Waals surface area (Å²) in [4.78, 5) is 2.54. The third kappa shape index (κ3) is 3.09. The summed E-state index contributed by atoms with van der Waals surface area (Å²) in [7, 11) is 0. The van der Waals surface area contributed by atoms with Crippen molar-refractivity contribution in [3.63, 3.8) is 0 Å². The molecule has 5 rings (SSSR count). The zero-order chi connectivity index (χ0) is 18.1. The van der Waals surface area contributed by atoms with Gasteiger partial charge in [-0.15, -0.1) is 0 Å². The van der Waals surface area contributed by atoms with E-state index in [-0.39, 0.29) is 5.60 Å². The zero-order valence-corrected chi connectivity index (χ0v) is 15.6. The lowest BCUT2D eigenvalue weighted by Crippen LogP contribution is -2.46. The minimum Gasteiger partial charge on any atom is -0.370 e. The van der Waals surface area contributed by atoms with Crippen molar-refractivity contribution in [3.05, 3.63) is 83.7 Å². The van der Waals surface area contributed by atoms with Gasteiger partial charge >= 0.3 is 0 Å². The summed E-state index contributed by atoms with van der Waals surface area (Å²) >= 11 is 0. The molecule has 138 valence electrons. The number of likely N-dealkylation sites (tertiary alicyclic amines) is 1. The Bertz CT molecular complexity index is 896. The second-order valence-corrected chi connectivity index (χ2v) is 7.61. The maximum absolute atomic E-state index is 6.40. The second kappa shape index (κ2) is 6.95. The Labute approximate surface area is 160 Å². The summed E-state index contributed by atoms with van der Waals surface area (Å²) in [5, 5.41) is 4.73. The summed E-state index contributed by atoms with van der Waals surface area (Å²) in [6.45, 7) is 3.92. The van der Waals surface area contributed by atoms with Crippen LogP contribution >= 0.6 is 0 Å².